The topological polar surface area (TPSA) is 99.2 Å². The molecule has 1 saturated heterocycles. The first-order chi connectivity index (χ1) is 8.44. The van der Waals surface area contributed by atoms with Crippen LogP contribution in [-0.2, 0) is 10.0 Å². The van der Waals surface area contributed by atoms with Crippen LogP contribution in [0.15, 0.2) is 9.42 Å². The lowest BCUT2D eigenvalue weighted by Gasteiger charge is -2.12. The van der Waals surface area contributed by atoms with Crippen molar-refractivity contribution >= 4 is 10.0 Å². The lowest BCUT2D eigenvalue weighted by Crippen LogP contribution is -2.36. The molecule has 1 aliphatic rings. The van der Waals surface area contributed by atoms with Crippen molar-refractivity contribution in [1.82, 2.24) is 14.8 Å². The zero-order valence-corrected chi connectivity index (χ0v) is 11.0. The van der Waals surface area contributed by atoms with E-state index in [1.54, 1.807) is 13.8 Å². The molecule has 0 bridgehead atoms. The van der Waals surface area contributed by atoms with Crippen molar-refractivity contribution in [2.24, 2.45) is 0 Å². The molecule has 0 unspecified atom stereocenters. The summed E-state index contributed by atoms with van der Waals surface area (Å²) in [5.41, 5.74) is 0.343. The molecule has 2 rings (SSSR count). The molecule has 1 aliphatic heterocycles. The van der Waals surface area contributed by atoms with Crippen molar-refractivity contribution in [2.75, 3.05) is 13.1 Å². The highest BCUT2D eigenvalue weighted by Crippen LogP contribution is 2.20. The van der Waals surface area contributed by atoms with Crippen LogP contribution >= 0.6 is 0 Å². The van der Waals surface area contributed by atoms with Crippen molar-refractivity contribution in [3.63, 3.8) is 0 Å². The smallest absolute Gasteiger partial charge is 0.246 e. The van der Waals surface area contributed by atoms with Crippen LogP contribution in [0.25, 0.3) is 0 Å². The number of sulfonamides is 1. The zero-order chi connectivity index (χ0) is 13.3. The molecule has 8 heteroatoms. The summed E-state index contributed by atoms with van der Waals surface area (Å²) in [5.74, 6) is 0.273. The Morgan fingerprint density at radius 3 is 2.78 bits per heavy atom. The largest absolute Gasteiger partial charge is 0.360 e. The summed E-state index contributed by atoms with van der Waals surface area (Å²) in [6.07, 6.45) is 2.63. The van der Waals surface area contributed by atoms with Gasteiger partial charge in [0.1, 0.15) is 10.6 Å². The van der Waals surface area contributed by atoms with Gasteiger partial charge in [0, 0.05) is 19.1 Å². The number of aromatic nitrogens is 1. The van der Waals surface area contributed by atoms with Crippen LogP contribution in [-0.4, -0.2) is 37.6 Å². The summed E-state index contributed by atoms with van der Waals surface area (Å²) in [5, 5.41) is 12.4. The van der Waals surface area contributed by atoms with Crippen LogP contribution in [0.1, 0.15) is 17.9 Å². The van der Waals surface area contributed by atoms with Crippen molar-refractivity contribution in [3.05, 3.63) is 11.5 Å². The average molecular weight is 270 g/mol. The Morgan fingerprint density at radius 1 is 1.56 bits per heavy atom. The Balaban J connectivity index is 2.17. The fraction of sp³-hybridized carbons (Fsp3) is 0.600. The Bertz CT molecular complexity index is 567. The Morgan fingerprint density at radius 2 is 2.28 bits per heavy atom. The standard InChI is InChI=1S/C10H14N4O3S/c1-7-10(8(2)17-12-7)18(15,16)13-9-3-4-14(5-9)6-11/h9,13H,3-5H2,1-2H3/t9-/m1/s1. The van der Waals surface area contributed by atoms with Gasteiger partial charge in [0.15, 0.2) is 12.0 Å². The number of hydrogen-bond acceptors (Lipinski definition) is 6. The average Bonchev–Trinajstić information content (AvgIpc) is 2.85. The number of hydrogen-bond donors (Lipinski definition) is 1. The predicted molar refractivity (Wildman–Crippen MR) is 61.9 cm³/mol. The summed E-state index contributed by atoms with van der Waals surface area (Å²) in [6, 6.07) is -0.247. The lowest BCUT2D eigenvalue weighted by atomic mass is 10.3. The van der Waals surface area contributed by atoms with Crippen molar-refractivity contribution < 1.29 is 12.9 Å². The molecule has 0 radical (unpaired) electrons. The van der Waals surface area contributed by atoms with E-state index in [0.29, 0.717) is 25.2 Å². The fourth-order valence-electron chi connectivity index (χ4n) is 2.08. The molecule has 0 amide bonds. The monoisotopic (exact) mass is 270 g/mol. The van der Waals surface area contributed by atoms with Gasteiger partial charge in [-0.15, -0.1) is 0 Å². The van der Waals surface area contributed by atoms with Gasteiger partial charge in [-0.25, -0.2) is 13.1 Å². The molecule has 0 spiro atoms. The molecule has 0 saturated carbocycles. The van der Waals surface area contributed by atoms with Gasteiger partial charge >= 0.3 is 0 Å². The van der Waals surface area contributed by atoms with Gasteiger partial charge < -0.3 is 9.42 Å². The maximum atomic E-state index is 12.2. The molecule has 1 aromatic heterocycles. The number of rotatable bonds is 3. The first kappa shape index (κ1) is 12.9. The number of likely N-dealkylation sites (tertiary alicyclic amines) is 1. The van der Waals surface area contributed by atoms with Gasteiger partial charge in [0.25, 0.3) is 0 Å². The van der Waals surface area contributed by atoms with Crippen molar-refractivity contribution in [1.29, 1.82) is 5.26 Å². The number of nitrogens with zero attached hydrogens (tertiary/aromatic N) is 3. The highest BCUT2D eigenvalue weighted by atomic mass is 32.2. The molecular formula is C10H14N4O3S. The maximum Gasteiger partial charge on any atom is 0.246 e. The second-order valence-electron chi connectivity index (χ2n) is 4.31. The van der Waals surface area contributed by atoms with Crippen molar-refractivity contribution in [2.45, 2.75) is 31.2 Å². The summed E-state index contributed by atoms with van der Waals surface area (Å²) in [6.45, 7) is 4.12. The minimum atomic E-state index is -3.64. The molecule has 18 heavy (non-hydrogen) atoms. The molecule has 1 atom stereocenters. The van der Waals surface area contributed by atoms with Gasteiger partial charge in [-0.1, -0.05) is 5.16 Å². The zero-order valence-electron chi connectivity index (χ0n) is 10.2. The van der Waals surface area contributed by atoms with Gasteiger partial charge in [-0.2, -0.15) is 5.26 Å². The molecule has 0 aliphatic carbocycles. The van der Waals surface area contributed by atoms with Gasteiger partial charge in [-0.3, -0.25) is 0 Å². The molecule has 1 aromatic rings. The van der Waals surface area contributed by atoms with E-state index in [2.05, 4.69) is 9.88 Å². The quantitative estimate of drug-likeness (QED) is 0.783. The molecule has 7 nitrogen and oxygen atoms in total. The molecule has 1 fully saturated rings. The van der Waals surface area contributed by atoms with E-state index in [0.717, 1.165) is 0 Å². The summed E-state index contributed by atoms with van der Waals surface area (Å²) in [4.78, 5) is 1.62. The number of aryl methyl sites for hydroxylation is 2. The normalized spacial score (nSPS) is 20.1. The third-order valence-electron chi connectivity index (χ3n) is 2.89. The predicted octanol–water partition coefficient (Wildman–Crippen LogP) is 0.125. The van der Waals surface area contributed by atoms with E-state index in [9.17, 15) is 8.42 Å². The Kier molecular flexibility index (Phi) is 3.28. The van der Waals surface area contributed by atoms with Crippen LogP contribution in [0.2, 0.25) is 0 Å². The van der Waals surface area contributed by atoms with Crippen LogP contribution in [0.3, 0.4) is 0 Å². The van der Waals surface area contributed by atoms with Gasteiger partial charge in [0.05, 0.1) is 0 Å². The third kappa shape index (κ3) is 2.32. The van der Waals surface area contributed by atoms with E-state index < -0.39 is 10.0 Å². The molecule has 2 heterocycles. The van der Waals surface area contributed by atoms with Gasteiger partial charge in [0.2, 0.25) is 10.0 Å². The third-order valence-corrected chi connectivity index (χ3v) is 4.65. The van der Waals surface area contributed by atoms with Crippen LogP contribution < -0.4 is 4.72 Å². The minimum absolute atomic E-state index is 0.0953. The number of nitriles is 1. The first-order valence-electron chi connectivity index (χ1n) is 5.54. The summed E-state index contributed by atoms with van der Waals surface area (Å²) in [7, 11) is -3.64. The second-order valence-corrected chi connectivity index (χ2v) is 5.96. The van der Waals surface area contributed by atoms with E-state index in [-0.39, 0.29) is 16.7 Å². The van der Waals surface area contributed by atoms with Crippen LogP contribution in [0.4, 0.5) is 0 Å². The van der Waals surface area contributed by atoms with Crippen LogP contribution in [0.5, 0.6) is 0 Å². The SMILES string of the molecule is Cc1noc(C)c1S(=O)(=O)N[C@@H]1CCN(C#N)C1. The minimum Gasteiger partial charge on any atom is -0.360 e. The molecule has 98 valence electrons. The van der Waals surface area contributed by atoms with E-state index in [1.165, 1.54) is 4.90 Å². The molecule has 1 N–H and O–H groups in total. The maximum absolute atomic E-state index is 12.2. The lowest BCUT2D eigenvalue weighted by molar-refractivity contribution is 0.390. The van der Waals surface area contributed by atoms with Crippen LogP contribution in [0, 0.1) is 25.3 Å². The summed E-state index contributed by atoms with van der Waals surface area (Å²) < 4.78 is 31.8. The number of nitrogens with one attached hydrogen (secondary N) is 1. The molecular weight excluding hydrogens is 256 g/mol. The first-order valence-corrected chi connectivity index (χ1v) is 7.02. The fourth-order valence-corrected chi connectivity index (χ4v) is 3.67. The second kappa shape index (κ2) is 4.59. The highest BCUT2D eigenvalue weighted by molar-refractivity contribution is 7.89. The van der Waals surface area contributed by atoms with Crippen molar-refractivity contribution in [3.8, 4) is 6.19 Å². The van der Waals surface area contributed by atoms with E-state index >= 15 is 0 Å². The Labute approximate surface area is 105 Å². The molecule has 0 aromatic carbocycles. The highest BCUT2D eigenvalue weighted by Gasteiger charge is 2.30. The van der Waals surface area contributed by atoms with E-state index in [4.69, 9.17) is 9.78 Å². The Hall–Kier alpha value is -1.59. The summed E-state index contributed by atoms with van der Waals surface area (Å²) >= 11 is 0. The van der Waals surface area contributed by atoms with Gasteiger partial charge in [-0.05, 0) is 20.3 Å². The van der Waals surface area contributed by atoms with E-state index in [1.807, 2.05) is 6.19 Å².